The van der Waals surface area contributed by atoms with E-state index in [0.29, 0.717) is 6.04 Å². The normalized spacial score (nSPS) is 20.6. The quantitative estimate of drug-likeness (QED) is 0.538. The molecule has 0 bridgehead atoms. The van der Waals surface area contributed by atoms with Gasteiger partial charge in [0.2, 0.25) is 0 Å². The number of thiophene rings is 1. The van der Waals surface area contributed by atoms with Gasteiger partial charge in [0.25, 0.3) is 0 Å². The Bertz CT molecular complexity index is 685. The van der Waals surface area contributed by atoms with E-state index in [2.05, 4.69) is 56.8 Å². The second-order valence-electron chi connectivity index (χ2n) is 7.38. The molecule has 0 aromatic carbocycles. The molecule has 0 amide bonds. The van der Waals surface area contributed by atoms with Gasteiger partial charge < -0.3 is 15.2 Å². The molecule has 0 aliphatic heterocycles. The number of aromatic nitrogens is 3. The summed E-state index contributed by atoms with van der Waals surface area (Å²) in [6.07, 6.45) is 8.79. The molecule has 7 heteroatoms. The molecular weight excluding hydrogens is 356 g/mol. The average Bonchev–Trinajstić information content (AvgIpc) is 3.35. The Balaban J connectivity index is 1.52. The van der Waals surface area contributed by atoms with E-state index in [-0.39, 0.29) is 0 Å². The van der Waals surface area contributed by atoms with E-state index >= 15 is 0 Å². The molecule has 0 atom stereocenters. The molecule has 0 unspecified atom stereocenters. The summed E-state index contributed by atoms with van der Waals surface area (Å²) in [7, 11) is 0. The molecule has 148 valence electrons. The van der Waals surface area contributed by atoms with E-state index in [1.807, 2.05) is 6.33 Å². The van der Waals surface area contributed by atoms with E-state index in [1.54, 1.807) is 11.3 Å². The van der Waals surface area contributed by atoms with Crippen molar-refractivity contribution in [3.05, 3.63) is 34.5 Å². The van der Waals surface area contributed by atoms with Crippen LogP contribution < -0.4 is 10.6 Å². The van der Waals surface area contributed by atoms with Crippen LogP contribution in [0.15, 0.2) is 28.8 Å². The molecule has 0 radical (unpaired) electrons. The van der Waals surface area contributed by atoms with Crippen LogP contribution in [-0.4, -0.2) is 39.9 Å². The second-order valence-corrected chi connectivity index (χ2v) is 8.41. The number of aryl methyl sites for hydroxylation is 1. The van der Waals surface area contributed by atoms with Crippen molar-refractivity contribution in [3.8, 4) is 0 Å². The maximum atomic E-state index is 4.83. The van der Waals surface area contributed by atoms with Crippen LogP contribution >= 0.6 is 11.3 Å². The van der Waals surface area contributed by atoms with Crippen molar-refractivity contribution >= 4 is 17.3 Å². The molecule has 1 fully saturated rings. The van der Waals surface area contributed by atoms with Crippen molar-refractivity contribution in [2.45, 2.75) is 65.0 Å². The SMILES string of the molecule is CCc1nncn1CCNC(=NCCc1cccs1)NC1CCC(C)CC1. The van der Waals surface area contributed by atoms with Gasteiger partial charge in [0, 0.05) is 43.4 Å². The Kier molecular flexibility index (Phi) is 7.68. The van der Waals surface area contributed by atoms with E-state index < -0.39 is 0 Å². The van der Waals surface area contributed by atoms with Gasteiger partial charge >= 0.3 is 0 Å². The number of hydrogen-bond acceptors (Lipinski definition) is 4. The predicted octanol–water partition coefficient (Wildman–Crippen LogP) is 3.26. The zero-order valence-corrected chi connectivity index (χ0v) is 17.3. The molecule has 1 aliphatic carbocycles. The van der Waals surface area contributed by atoms with Crippen molar-refractivity contribution < 1.29 is 0 Å². The fourth-order valence-corrected chi connectivity index (χ4v) is 4.22. The molecule has 2 aromatic rings. The standard InChI is InChI=1S/C20H32N6S/c1-3-19-25-23-15-26(19)13-12-22-20(21-11-10-18-5-4-14-27-18)24-17-8-6-16(2)7-9-17/h4-5,14-17H,3,6-13H2,1-2H3,(H2,21,22,24). The van der Waals surface area contributed by atoms with E-state index in [4.69, 9.17) is 4.99 Å². The van der Waals surface area contributed by atoms with Crippen LogP contribution in [0.5, 0.6) is 0 Å². The first-order valence-electron chi connectivity index (χ1n) is 10.2. The molecule has 2 N–H and O–H groups in total. The second kappa shape index (κ2) is 10.4. The molecule has 0 saturated heterocycles. The fraction of sp³-hybridized carbons (Fsp3) is 0.650. The van der Waals surface area contributed by atoms with Gasteiger partial charge in [-0.1, -0.05) is 19.9 Å². The summed E-state index contributed by atoms with van der Waals surface area (Å²) in [6.45, 7) is 6.94. The molecule has 3 rings (SSSR count). The summed E-state index contributed by atoms with van der Waals surface area (Å²) in [5.74, 6) is 2.83. The van der Waals surface area contributed by atoms with Gasteiger partial charge in [-0.05, 0) is 43.0 Å². The summed E-state index contributed by atoms with van der Waals surface area (Å²) in [5.41, 5.74) is 0. The first kappa shape index (κ1) is 19.9. The third kappa shape index (κ3) is 6.34. The largest absolute Gasteiger partial charge is 0.355 e. The Morgan fingerprint density at radius 1 is 1.33 bits per heavy atom. The molecule has 1 aliphatic rings. The lowest BCUT2D eigenvalue weighted by molar-refractivity contribution is 0.329. The molecule has 0 spiro atoms. The minimum atomic E-state index is 0.537. The van der Waals surface area contributed by atoms with Crippen LogP contribution in [-0.2, 0) is 19.4 Å². The minimum absolute atomic E-state index is 0.537. The van der Waals surface area contributed by atoms with Crippen molar-refractivity contribution in [2.75, 3.05) is 13.1 Å². The van der Waals surface area contributed by atoms with Crippen LogP contribution in [0, 0.1) is 5.92 Å². The zero-order chi connectivity index (χ0) is 18.9. The van der Waals surface area contributed by atoms with Crippen LogP contribution in [0.25, 0.3) is 0 Å². The van der Waals surface area contributed by atoms with E-state index in [1.165, 1.54) is 30.6 Å². The fourth-order valence-electron chi connectivity index (χ4n) is 3.52. The minimum Gasteiger partial charge on any atom is -0.355 e. The lowest BCUT2D eigenvalue weighted by Gasteiger charge is -2.28. The number of rotatable bonds is 8. The zero-order valence-electron chi connectivity index (χ0n) is 16.5. The van der Waals surface area contributed by atoms with Gasteiger partial charge in [-0.3, -0.25) is 4.99 Å². The number of nitrogens with one attached hydrogen (secondary N) is 2. The third-order valence-corrected chi connectivity index (χ3v) is 6.16. The first-order valence-corrected chi connectivity index (χ1v) is 11.1. The Morgan fingerprint density at radius 2 is 2.19 bits per heavy atom. The van der Waals surface area contributed by atoms with Gasteiger partial charge in [-0.25, -0.2) is 0 Å². The average molecular weight is 389 g/mol. The molecule has 2 heterocycles. The lowest BCUT2D eigenvalue weighted by atomic mass is 9.87. The van der Waals surface area contributed by atoms with Gasteiger partial charge in [0.1, 0.15) is 12.2 Å². The lowest BCUT2D eigenvalue weighted by Crippen LogP contribution is -2.45. The number of aliphatic imine (C=N–C) groups is 1. The summed E-state index contributed by atoms with van der Waals surface area (Å²) >= 11 is 1.80. The third-order valence-electron chi connectivity index (χ3n) is 5.22. The topological polar surface area (TPSA) is 67.1 Å². The van der Waals surface area contributed by atoms with Crippen LogP contribution in [0.4, 0.5) is 0 Å². The van der Waals surface area contributed by atoms with Gasteiger partial charge in [0.15, 0.2) is 5.96 Å². The van der Waals surface area contributed by atoms with Crippen LogP contribution in [0.3, 0.4) is 0 Å². The van der Waals surface area contributed by atoms with Gasteiger partial charge in [0.05, 0.1) is 0 Å². The smallest absolute Gasteiger partial charge is 0.191 e. The van der Waals surface area contributed by atoms with Crippen LogP contribution in [0.1, 0.15) is 50.2 Å². The predicted molar refractivity (Wildman–Crippen MR) is 112 cm³/mol. The van der Waals surface area contributed by atoms with Crippen LogP contribution in [0.2, 0.25) is 0 Å². The van der Waals surface area contributed by atoms with Gasteiger partial charge in [-0.2, -0.15) is 0 Å². The summed E-state index contributed by atoms with van der Waals surface area (Å²) < 4.78 is 2.11. The summed E-state index contributed by atoms with van der Waals surface area (Å²) in [6, 6.07) is 4.83. The first-order chi connectivity index (χ1) is 13.2. The summed E-state index contributed by atoms with van der Waals surface area (Å²) in [5, 5.41) is 17.5. The van der Waals surface area contributed by atoms with E-state index in [9.17, 15) is 0 Å². The molecule has 27 heavy (non-hydrogen) atoms. The maximum Gasteiger partial charge on any atom is 0.191 e. The van der Waals surface area contributed by atoms with Crippen molar-refractivity contribution in [2.24, 2.45) is 10.9 Å². The molecule has 1 saturated carbocycles. The van der Waals surface area contributed by atoms with Crippen molar-refractivity contribution in [3.63, 3.8) is 0 Å². The Labute approximate surface area is 166 Å². The monoisotopic (exact) mass is 388 g/mol. The highest BCUT2D eigenvalue weighted by atomic mass is 32.1. The summed E-state index contributed by atoms with van der Waals surface area (Å²) in [4.78, 5) is 6.22. The maximum absolute atomic E-state index is 4.83. The highest BCUT2D eigenvalue weighted by molar-refractivity contribution is 7.09. The number of nitrogens with zero attached hydrogens (tertiary/aromatic N) is 4. The van der Waals surface area contributed by atoms with Gasteiger partial charge in [-0.15, -0.1) is 21.5 Å². The highest BCUT2D eigenvalue weighted by Crippen LogP contribution is 2.23. The molecule has 2 aromatic heterocycles. The highest BCUT2D eigenvalue weighted by Gasteiger charge is 2.19. The number of guanidine groups is 1. The Morgan fingerprint density at radius 3 is 2.93 bits per heavy atom. The number of hydrogen-bond donors (Lipinski definition) is 2. The van der Waals surface area contributed by atoms with Crippen molar-refractivity contribution in [1.82, 2.24) is 25.4 Å². The van der Waals surface area contributed by atoms with Crippen molar-refractivity contribution in [1.29, 1.82) is 0 Å². The Hall–Kier alpha value is -1.89. The van der Waals surface area contributed by atoms with E-state index in [0.717, 1.165) is 50.2 Å². The molecular formula is C20H32N6S. The molecule has 6 nitrogen and oxygen atoms in total.